The molecule has 140 valence electrons. The molecule has 2 atom stereocenters. The Balaban J connectivity index is 1.53. The molecule has 0 bridgehead atoms. The second-order valence-corrected chi connectivity index (χ2v) is 6.57. The van der Waals surface area contributed by atoms with Crippen molar-refractivity contribution >= 4 is 11.8 Å². The molecule has 27 heavy (non-hydrogen) atoms. The third-order valence-corrected chi connectivity index (χ3v) is 4.75. The minimum atomic E-state index is -0.409. The number of nitrogens with one attached hydrogen (secondary N) is 2. The summed E-state index contributed by atoms with van der Waals surface area (Å²) < 4.78 is 24.2. The van der Waals surface area contributed by atoms with Gasteiger partial charge in [-0.1, -0.05) is 12.1 Å². The van der Waals surface area contributed by atoms with Gasteiger partial charge in [-0.05, 0) is 42.3 Å². The van der Waals surface area contributed by atoms with Crippen molar-refractivity contribution in [1.29, 1.82) is 0 Å². The Bertz CT molecular complexity index is 869. The molecule has 0 saturated carbocycles. The molecule has 1 saturated heterocycles. The van der Waals surface area contributed by atoms with Crippen LogP contribution in [0.1, 0.15) is 34.8 Å². The summed E-state index contributed by atoms with van der Waals surface area (Å²) in [5.74, 6) is 0.458. The zero-order chi connectivity index (χ0) is 18.8. The second kappa shape index (κ2) is 7.26. The largest absolute Gasteiger partial charge is 0.486 e. The zero-order valence-electron chi connectivity index (χ0n) is 14.5. The molecule has 1 fully saturated rings. The quantitative estimate of drug-likeness (QED) is 0.870. The van der Waals surface area contributed by atoms with Gasteiger partial charge in [0.25, 0.3) is 5.91 Å². The van der Waals surface area contributed by atoms with Crippen molar-refractivity contribution in [3.63, 3.8) is 0 Å². The molecule has 2 aromatic carbocycles. The van der Waals surface area contributed by atoms with Crippen LogP contribution in [0.3, 0.4) is 0 Å². The van der Waals surface area contributed by atoms with Crippen LogP contribution < -0.4 is 20.1 Å². The molecule has 4 rings (SSSR count). The molecule has 0 aliphatic carbocycles. The lowest BCUT2D eigenvalue weighted by Crippen LogP contribution is -2.50. The van der Waals surface area contributed by atoms with Crippen LogP contribution in [0.25, 0.3) is 0 Å². The van der Waals surface area contributed by atoms with Gasteiger partial charge >= 0.3 is 0 Å². The minimum Gasteiger partial charge on any atom is -0.486 e. The first kappa shape index (κ1) is 17.3. The molecule has 0 radical (unpaired) electrons. The number of hydrogen-bond donors (Lipinski definition) is 2. The average molecular weight is 370 g/mol. The Morgan fingerprint density at radius 1 is 1.07 bits per heavy atom. The summed E-state index contributed by atoms with van der Waals surface area (Å²) in [7, 11) is 0. The molecule has 2 aliphatic rings. The van der Waals surface area contributed by atoms with E-state index in [1.54, 1.807) is 30.3 Å². The number of halogens is 1. The van der Waals surface area contributed by atoms with Crippen molar-refractivity contribution in [3.05, 3.63) is 59.4 Å². The van der Waals surface area contributed by atoms with Crippen LogP contribution in [0.15, 0.2) is 42.5 Å². The summed E-state index contributed by atoms with van der Waals surface area (Å²) >= 11 is 0. The van der Waals surface area contributed by atoms with E-state index in [0.717, 1.165) is 5.56 Å². The van der Waals surface area contributed by atoms with Gasteiger partial charge in [-0.3, -0.25) is 9.59 Å². The van der Waals surface area contributed by atoms with Gasteiger partial charge in [0.1, 0.15) is 19.0 Å². The number of carbonyl (C=O) groups is 2. The SMILES string of the molecule is O=C1CCC(NC(=O)c2ccc3c(c2)OCCO3)C(c2ccc(F)cc2)N1. The summed E-state index contributed by atoms with van der Waals surface area (Å²) in [5.41, 5.74) is 1.20. The van der Waals surface area contributed by atoms with E-state index >= 15 is 0 Å². The van der Waals surface area contributed by atoms with E-state index in [-0.39, 0.29) is 23.7 Å². The van der Waals surface area contributed by atoms with Crippen molar-refractivity contribution < 1.29 is 23.5 Å². The normalized spacial score (nSPS) is 21.3. The van der Waals surface area contributed by atoms with Crippen LogP contribution in [0, 0.1) is 5.82 Å². The fourth-order valence-corrected chi connectivity index (χ4v) is 3.38. The van der Waals surface area contributed by atoms with E-state index in [0.29, 0.717) is 43.1 Å². The molecule has 0 spiro atoms. The van der Waals surface area contributed by atoms with Crippen molar-refractivity contribution in [2.75, 3.05) is 13.2 Å². The summed E-state index contributed by atoms with van der Waals surface area (Å²) in [6.07, 6.45) is 0.827. The highest BCUT2D eigenvalue weighted by atomic mass is 19.1. The molecule has 2 N–H and O–H groups in total. The number of amides is 2. The van der Waals surface area contributed by atoms with Crippen molar-refractivity contribution in [2.24, 2.45) is 0 Å². The van der Waals surface area contributed by atoms with E-state index in [9.17, 15) is 14.0 Å². The lowest BCUT2D eigenvalue weighted by Gasteiger charge is -2.33. The lowest BCUT2D eigenvalue weighted by atomic mass is 9.91. The minimum absolute atomic E-state index is 0.0887. The molecule has 6 nitrogen and oxygen atoms in total. The third-order valence-electron chi connectivity index (χ3n) is 4.75. The van der Waals surface area contributed by atoms with Crippen LogP contribution in [0.5, 0.6) is 11.5 Å². The summed E-state index contributed by atoms with van der Waals surface area (Å²) in [6.45, 7) is 0.930. The van der Waals surface area contributed by atoms with Crippen LogP contribution in [-0.4, -0.2) is 31.1 Å². The molecule has 2 unspecified atom stereocenters. The first-order valence-electron chi connectivity index (χ1n) is 8.85. The Kier molecular flexibility index (Phi) is 4.66. The van der Waals surface area contributed by atoms with E-state index in [1.807, 2.05) is 0 Å². The molecule has 2 aromatic rings. The number of benzene rings is 2. The Hall–Kier alpha value is -3.09. The van der Waals surface area contributed by atoms with Gasteiger partial charge in [0, 0.05) is 12.0 Å². The molecule has 7 heteroatoms. The fraction of sp³-hybridized carbons (Fsp3) is 0.300. The van der Waals surface area contributed by atoms with Crippen LogP contribution in [0.4, 0.5) is 4.39 Å². The summed E-state index contributed by atoms with van der Waals surface area (Å²) in [4.78, 5) is 24.6. The highest BCUT2D eigenvalue weighted by Crippen LogP contribution is 2.31. The van der Waals surface area contributed by atoms with Gasteiger partial charge in [0.2, 0.25) is 5.91 Å². The molecular formula is C20H19FN2O4. The molecule has 2 amide bonds. The summed E-state index contributed by atoms with van der Waals surface area (Å²) in [6, 6.07) is 10.3. The molecule has 0 aromatic heterocycles. The molecular weight excluding hydrogens is 351 g/mol. The molecule has 2 heterocycles. The van der Waals surface area contributed by atoms with Gasteiger partial charge in [0.05, 0.1) is 12.1 Å². The predicted molar refractivity (Wildman–Crippen MR) is 95.2 cm³/mol. The zero-order valence-corrected chi connectivity index (χ0v) is 14.5. The Labute approximate surface area is 155 Å². The highest BCUT2D eigenvalue weighted by molar-refractivity contribution is 5.95. The lowest BCUT2D eigenvalue weighted by molar-refractivity contribution is -0.123. The van der Waals surface area contributed by atoms with Crippen LogP contribution in [0.2, 0.25) is 0 Å². The third kappa shape index (κ3) is 3.72. The van der Waals surface area contributed by atoms with Gasteiger partial charge in [-0.2, -0.15) is 0 Å². The van der Waals surface area contributed by atoms with E-state index < -0.39 is 6.04 Å². The van der Waals surface area contributed by atoms with Gasteiger partial charge in [0.15, 0.2) is 11.5 Å². The van der Waals surface area contributed by atoms with E-state index in [4.69, 9.17) is 9.47 Å². The Morgan fingerprint density at radius 3 is 2.59 bits per heavy atom. The topological polar surface area (TPSA) is 76.7 Å². The predicted octanol–water partition coefficient (Wildman–Crippen LogP) is 2.35. The van der Waals surface area contributed by atoms with Crippen LogP contribution >= 0.6 is 0 Å². The molecule has 2 aliphatic heterocycles. The maximum atomic E-state index is 13.2. The summed E-state index contributed by atoms with van der Waals surface area (Å²) in [5, 5.41) is 5.87. The van der Waals surface area contributed by atoms with E-state index in [2.05, 4.69) is 10.6 Å². The highest BCUT2D eigenvalue weighted by Gasteiger charge is 2.31. The first-order valence-corrected chi connectivity index (χ1v) is 8.85. The average Bonchev–Trinajstić information content (AvgIpc) is 2.69. The van der Waals surface area contributed by atoms with Crippen molar-refractivity contribution in [3.8, 4) is 11.5 Å². The Morgan fingerprint density at radius 2 is 1.81 bits per heavy atom. The standard InChI is InChI=1S/C20H19FN2O4/c21-14-4-1-12(2-5-14)19-15(6-8-18(24)23-19)22-20(25)13-3-7-16-17(11-13)27-10-9-26-16/h1-5,7,11,15,19H,6,8-10H2,(H,22,25)(H,23,24). The number of piperidine rings is 1. The van der Waals surface area contributed by atoms with Gasteiger partial charge in [-0.15, -0.1) is 0 Å². The first-order chi connectivity index (χ1) is 13.1. The van der Waals surface area contributed by atoms with Crippen molar-refractivity contribution in [1.82, 2.24) is 10.6 Å². The number of fused-ring (bicyclic) bond motifs is 1. The fourth-order valence-electron chi connectivity index (χ4n) is 3.38. The second-order valence-electron chi connectivity index (χ2n) is 6.57. The number of ether oxygens (including phenoxy) is 2. The maximum Gasteiger partial charge on any atom is 0.251 e. The van der Waals surface area contributed by atoms with Gasteiger partial charge in [-0.25, -0.2) is 4.39 Å². The van der Waals surface area contributed by atoms with E-state index in [1.165, 1.54) is 12.1 Å². The monoisotopic (exact) mass is 370 g/mol. The number of rotatable bonds is 3. The van der Waals surface area contributed by atoms with Gasteiger partial charge < -0.3 is 20.1 Å². The maximum absolute atomic E-state index is 13.2. The number of carbonyl (C=O) groups excluding carboxylic acids is 2. The van der Waals surface area contributed by atoms with Crippen LogP contribution in [-0.2, 0) is 4.79 Å². The smallest absolute Gasteiger partial charge is 0.251 e. The van der Waals surface area contributed by atoms with Crippen molar-refractivity contribution in [2.45, 2.75) is 24.9 Å². The number of hydrogen-bond acceptors (Lipinski definition) is 4.